The van der Waals surface area contributed by atoms with Gasteiger partial charge < -0.3 is 15.5 Å². The van der Waals surface area contributed by atoms with Crippen LogP contribution in [-0.2, 0) is 10.0 Å². The Kier molecular flexibility index (Phi) is 7.09. The molecule has 44 heavy (non-hydrogen) atoms. The number of hydrogen-bond acceptors (Lipinski definition) is 7. The Hall–Kier alpha value is -5.56. The van der Waals surface area contributed by atoms with E-state index in [0.717, 1.165) is 24.0 Å². The number of aryl methyl sites for hydroxylation is 2. The summed E-state index contributed by atoms with van der Waals surface area (Å²) in [5.74, 6) is -1.08. The molecule has 0 saturated heterocycles. The smallest absolute Gasteiger partial charge is 0.263 e. The van der Waals surface area contributed by atoms with Crippen molar-refractivity contribution < 1.29 is 26.7 Å². The van der Waals surface area contributed by atoms with Gasteiger partial charge in [-0.3, -0.25) is 14.5 Å². The van der Waals surface area contributed by atoms with Gasteiger partial charge in [0, 0.05) is 17.1 Å². The fourth-order valence-corrected chi connectivity index (χ4v) is 5.82. The second kappa shape index (κ2) is 10.9. The lowest BCUT2D eigenvalue weighted by atomic mass is 10.1. The average molecular weight is 615 g/mol. The monoisotopic (exact) mass is 614 g/mol. The first-order valence-electron chi connectivity index (χ1n) is 13.2. The maximum Gasteiger partial charge on any atom is 0.263 e. The molecule has 0 spiro atoms. The number of nitrogens with zero attached hydrogens (tertiary/aromatic N) is 3. The van der Waals surface area contributed by atoms with Crippen molar-refractivity contribution in [2.75, 3.05) is 10.5 Å². The number of para-hydroxylation sites is 1. The summed E-state index contributed by atoms with van der Waals surface area (Å²) in [6, 6.07) is 16.9. The van der Waals surface area contributed by atoms with Crippen LogP contribution in [0.1, 0.15) is 27.2 Å². The zero-order chi connectivity index (χ0) is 31.2. The number of aromatic nitrogens is 4. The van der Waals surface area contributed by atoms with E-state index in [2.05, 4.69) is 19.8 Å². The number of H-pyrrole nitrogens is 1. The predicted octanol–water partition coefficient (Wildman–Crippen LogP) is 6.05. The standard InChI is InChI=1S/C31H24F2N6O4S/c1-17-9-19-11-27(37-26(19)13-25(17)38-44(41,42)22-12-20(32)14-35-15-22)30(40)23-16-36-39(31(23)34)28-8-7-21(10-18(28)2)43-29-6-4-3-5-24(29)33/h3-16,37-38H,34H2,1-2H3. The summed E-state index contributed by atoms with van der Waals surface area (Å²) in [6.45, 7) is 3.51. The third-order valence-corrected chi connectivity index (χ3v) is 8.29. The van der Waals surface area contributed by atoms with Crippen LogP contribution < -0.4 is 15.2 Å². The number of ketones is 1. The van der Waals surface area contributed by atoms with Crippen LogP contribution in [0.3, 0.4) is 0 Å². The van der Waals surface area contributed by atoms with Crippen molar-refractivity contribution in [1.82, 2.24) is 19.7 Å². The molecular weight excluding hydrogens is 590 g/mol. The lowest BCUT2D eigenvalue weighted by molar-refractivity contribution is 0.103. The van der Waals surface area contributed by atoms with E-state index in [1.165, 1.54) is 23.0 Å². The fraction of sp³-hybridized carbons (Fsp3) is 0.0645. The van der Waals surface area contributed by atoms with Crippen LogP contribution in [0.5, 0.6) is 11.5 Å². The molecule has 4 N–H and O–H groups in total. The number of nitrogens with two attached hydrogens (primary N) is 1. The van der Waals surface area contributed by atoms with Crippen molar-refractivity contribution in [3.63, 3.8) is 0 Å². The molecular formula is C31H24F2N6O4S. The Bertz CT molecular complexity index is 2190. The summed E-state index contributed by atoms with van der Waals surface area (Å²) in [7, 11) is -4.12. The molecule has 0 aliphatic carbocycles. The van der Waals surface area contributed by atoms with Gasteiger partial charge in [0.05, 0.1) is 35.0 Å². The Morgan fingerprint density at radius 2 is 1.77 bits per heavy atom. The molecule has 0 amide bonds. The molecule has 0 unspecified atom stereocenters. The maximum absolute atomic E-state index is 14.0. The number of nitrogens with one attached hydrogen (secondary N) is 2. The molecule has 0 aliphatic heterocycles. The molecule has 0 atom stereocenters. The lowest BCUT2D eigenvalue weighted by Crippen LogP contribution is -2.14. The largest absolute Gasteiger partial charge is 0.454 e. The number of pyridine rings is 1. The summed E-state index contributed by atoms with van der Waals surface area (Å²) in [5.41, 5.74) is 9.37. The maximum atomic E-state index is 14.0. The molecule has 10 nitrogen and oxygen atoms in total. The molecule has 13 heteroatoms. The third kappa shape index (κ3) is 5.36. The average Bonchev–Trinajstić information content (AvgIpc) is 3.57. The minimum atomic E-state index is -4.12. The number of fused-ring (bicyclic) bond motifs is 1. The van der Waals surface area contributed by atoms with Gasteiger partial charge in [0.15, 0.2) is 11.6 Å². The number of ether oxygens (including phenoxy) is 1. The molecule has 0 radical (unpaired) electrons. The van der Waals surface area contributed by atoms with Crippen molar-refractivity contribution in [1.29, 1.82) is 0 Å². The molecule has 3 aromatic heterocycles. The molecule has 3 aromatic carbocycles. The van der Waals surface area contributed by atoms with Crippen molar-refractivity contribution >= 4 is 38.2 Å². The highest BCUT2D eigenvalue weighted by Gasteiger charge is 2.22. The number of aromatic amines is 1. The molecule has 0 bridgehead atoms. The minimum Gasteiger partial charge on any atom is -0.454 e. The normalized spacial score (nSPS) is 11.5. The van der Waals surface area contributed by atoms with E-state index in [0.29, 0.717) is 27.9 Å². The summed E-state index contributed by atoms with van der Waals surface area (Å²) in [4.78, 5) is 19.8. The number of benzene rings is 3. The number of sulfonamides is 1. The van der Waals surface area contributed by atoms with Gasteiger partial charge in [0.1, 0.15) is 22.3 Å². The third-order valence-electron chi connectivity index (χ3n) is 6.96. The predicted molar refractivity (Wildman–Crippen MR) is 161 cm³/mol. The summed E-state index contributed by atoms with van der Waals surface area (Å²) >= 11 is 0. The van der Waals surface area contributed by atoms with Gasteiger partial charge in [-0.25, -0.2) is 21.9 Å². The molecule has 3 heterocycles. The zero-order valence-corrected chi connectivity index (χ0v) is 24.1. The van der Waals surface area contributed by atoms with Crippen molar-refractivity contribution in [3.8, 4) is 17.2 Å². The molecule has 0 aliphatic rings. The van der Waals surface area contributed by atoms with Crippen LogP contribution in [0.4, 0.5) is 20.3 Å². The lowest BCUT2D eigenvalue weighted by Gasteiger charge is -2.12. The van der Waals surface area contributed by atoms with Crippen LogP contribution in [0.2, 0.25) is 0 Å². The van der Waals surface area contributed by atoms with Crippen LogP contribution in [0.25, 0.3) is 16.6 Å². The Balaban J connectivity index is 1.26. The van der Waals surface area contributed by atoms with Crippen LogP contribution in [0, 0.1) is 25.5 Å². The highest BCUT2D eigenvalue weighted by atomic mass is 32.2. The first kappa shape index (κ1) is 28.6. The van der Waals surface area contributed by atoms with Crippen LogP contribution in [-0.4, -0.2) is 33.9 Å². The Labute approximate surface area is 250 Å². The van der Waals surface area contributed by atoms with E-state index >= 15 is 0 Å². The number of rotatable bonds is 8. The number of anilines is 2. The van der Waals surface area contributed by atoms with Crippen LogP contribution in [0.15, 0.2) is 90.2 Å². The number of nitrogen functional groups attached to an aromatic ring is 1. The van der Waals surface area contributed by atoms with E-state index in [-0.39, 0.29) is 33.4 Å². The molecule has 6 aromatic rings. The van der Waals surface area contributed by atoms with Gasteiger partial charge in [-0.2, -0.15) is 5.10 Å². The van der Waals surface area contributed by atoms with Gasteiger partial charge in [-0.1, -0.05) is 12.1 Å². The van der Waals surface area contributed by atoms with E-state index in [4.69, 9.17) is 10.5 Å². The highest BCUT2D eigenvalue weighted by Crippen LogP contribution is 2.31. The van der Waals surface area contributed by atoms with Crippen molar-refractivity contribution in [3.05, 3.63) is 119 Å². The Morgan fingerprint density at radius 1 is 0.977 bits per heavy atom. The second-order valence-electron chi connectivity index (χ2n) is 10.0. The second-order valence-corrected chi connectivity index (χ2v) is 11.7. The number of carbonyl (C=O) groups excluding carboxylic acids is 1. The first-order chi connectivity index (χ1) is 21.0. The van der Waals surface area contributed by atoms with E-state index in [9.17, 15) is 22.0 Å². The Morgan fingerprint density at radius 3 is 2.52 bits per heavy atom. The van der Waals surface area contributed by atoms with Crippen LogP contribution >= 0.6 is 0 Å². The van der Waals surface area contributed by atoms with Gasteiger partial charge in [0.25, 0.3) is 10.0 Å². The quantitative estimate of drug-likeness (QED) is 0.177. The van der Waals surface area contributed by atoms with E-state index in [1.54, 1.807) is 55.5 Å². The first-order valence-corrected chi connectivity index (χ1v) is 14.7. The summed E-state index contributed by atoms with van der Waals surface area (Å²) in [5, 5.41) is 4.99. The molecule has 222 valence electrons. The zero-order valence-electron chi connectivity index (χ0n) is 23.3. The molecule has 0 fully saturated rings. The van der Waals surface area contributed by atoms with Gasteiger partial charge in [0.2, 0.25) is 5.78 Å². The van der Waals surface area contributed by atoms with Gasteiger partial charge in [-0.15, -0.1) is 0 Å². The topological polar surface area (TPSA) is 145 Å². The summed E-state index contributed by atoms with van der Waals surface area (Å²) in [6.07, 6.45) is 3.32. The number of halogens is 2. The fourth-order valence-electron chi connectivity index (χ4n) is 4.72. The SMILES string of the molecule is Cc1cc2cc(C(=O)c3cnn(-c4ccc(Oc5ccccc5F)cc4C)c3N)[nH]c2cc1NS(=O)(=O)c1cncc(F)c1. The van der Waals surface area contributed by atoms with Crippen molar-refractivity contribution in [2.24, 2.45) is 0 Å². The van der Waals surface area contributed by atoms with Crippen molar-refractivity contribution in [2.45, 2.75) is 18.7 Å². The van der Waals surface area contributed by atoms with Gasteiger partial charge in [-0.05, 0) is 79.6 Å². The number of carbonyl (C=O) groups is 1. The number of hydrogen-bond donors (Lipinski definition) is 3. The summed E-state index contributed by atoms with van der Waals surface area (Å²) < 4.78 is 62.7. The molecule has 6 rings (SSSR count). The van der Waals surface area contributed by atoms with E-state index < -0.39 is 27.4 Å². The van der Waals surface area contributed by atoms with E-state index in [1.807, 2.05) is 6.92 Å². The highest BCUT2D eigenvalue weighted by molar-refractivity contribution is 7.92. The minimum absolute atomic E-state index is 0.0908. The molecule has 0 saturated carbocycles. The van der Waals surface area contributed by atoms with Gasteiger partial charge >= 0.3 is 0 Å².